The molecule has 1 heterocycles. The summed E-state index contributed by atoms with van der Waals surface area (Å²) in [7, 11) is 1.68. The molecule has 5 nitrogen and oxygen atoms in total. The highest BCUT2D eigenvalue weighted by atomic mass is 16.6. The molecule has 1 amide bonds. The van der Waals surface area contributed by atoms with Gasteiger partial charge in [0.1, 0.15) is 11.4 Å². The highest BCUT2D eigenvalue weighted by molar-refractivity contribution is 5.68. The zero-order valence-electron chi connectivity index (χ0n) is 15.0. The molecule has 0 spiro atoms. The summed E-state index contributed by atoms with van der Waals surface area (Å²) >= 11 is 0. The lowest BCUT2D eigenvalue weighted by molar-refractivity contribution is 0.0194. The Morgan fingerprint density at radius 2 is 1.91 bits per heavy atom. The molecule has 23 heavy (non-hydrogen) atoms. The van der Waals surface area contributed by atoms with Crippen LogP contribution < -0.4 is 10.1 Å². The first kappa shape index (κ1) is 17.6. The summed E-state index contributed by atoms with van der Waals surface area (Å²) in [6.45, 7) is 11.8. The Labute approximate surface area is 139 Å². The van der Waals surface area contributed by atoms with Gasteiger partial charge in [-0.15, -0.1) is 0 Å². The fourth-order valence-electron chi connectivity index (χ4n) is 2.71. The van der Waals surface area contributed by atoms with Gasteiger partial charge in [0.2, 0.25) is 0 Å². The van der Waals surface area contributed by atoms with E-state index >= 15 is 0 Å². The van der Waals surface area contributed by atoms with E-state index in [2.05, 4.69) is 31.3 Å². The summed E-state index contributed by atoms with van der Waals surface area (Å²) in [5.74, 6) is 0.858. The van der Waals surface area contributed by atoms with Crippen molar-refractivity contribution in [2.75, 3.05) is 26.7 Å². The normalized spacial score (nSPS) is 18.7. The number of carbonyl (C=O) groups is 1. The number of hydrogen-bond acceptors (Lipinski definition) is 4. The summed E-state index contributed by atoms with van der Waals surface area (Å²) in [5, 5.41) is 3.48. The third-order valence-electron chi connectivity index (χ3n) is 4.05. The molecule has 1 N–H and O–H groups in total. The Kier molecular flexibility index (Phi) is 5.19. The van der Waals surface area contributed by atoms with Crippen LogP contribution >= 0.6 is 0 Å². The molecule has 1 unspecified atom stereocenters. The van der Waals surface area contributed by atoms with Crippen LogP contribution in [0.3, 0.4) is 0 Å². The van der Waals surface area contributed by atoms with Crippen molar-refractivity contribution in [1.29, 1.82) is 0 Å². The monoisotopic (exact) mass is 320 g/mol. The Morgan fingerprint density at radius 3 is 2.52 bits per heavy atom. The molecule has 0 radical (unpaired) electrons. The van der Waals surface area contributed by atoms with Crippen LogP contribution in [0.1, 0.15) is 43.5 Å². The topological polar surface area (TPSA) is 50.8 Å². The summed E-state index contributed by atoms with van der Waals surface area (Å²) < 4.78 is 11.0. The molecule has 2 rings (SSSR count). The minimum atomic E-state index is -0.477. The second-order valence-electron chi connectivity index (χ2n) is 7.11. The van der Waals surface area contributed by atoms with Gasteiger partial charge in [-0.1, -0.05) is 6.07 Å². The van der Waals surface area contributed by atoms with Crippen molar-refractivity contribution in [3.05, 3.63) is 28.8 Å². The van der Waals surface area contributed by atoms with Gasteiger partial charge >= 0.3 is 6.09 Å². The largest absolute Gasteiger partial charge is 0.496 e. The van der Waals surface area contributed by atoms with E-state index in [1.165, 1.54) is 11.1 Å². The molecule has 1 aromatic rings. The smallest absolute Gasteiger partial charge is 0.410 e. The van der Waals surface area contributed by atoms with Crippen molar-refractivity contribution in [3.63, 3.8) is 0 Å². The van der Waals surface area contributed by atoms with Crippen LogP contribution in [0, 0.1) is 13.8 Å². The van der Waals surface area contributed by atoms with Gasteiger partial charge < -0.3 is 19.7 Å². The maximum atomic E-state index is 12.3. The molecule has 0 saturated carbocycles. The van der Waals surface area contributed by atoms with Crippen LogP contribution in [-0.4, -0.2) is 43.3 Å². The van der Waals surface area contributed by atoms with Gasteiger partial charge in [-0.25, -0.2) is 4.79 Å². The Hall–Kier alpha value is -1.75. The molecule has 1 aromatic carbocycles. The summed E-state index contributed by atoms with van der Waals surface area (Å²) in [5.41, 5.74) is 3.03. The molecule has 0 bridgehead atoms. The number of benzene rings is 1. The molecule has 1 atom stereocenters. The number of amides is 1. The van der Waals surface area contributed by atoms with E-state index in [0.29, 0.717) is 13.1 Å². The molecule has 1 saturated heterocycles. The highest BCUT2D eigenvalue weighted by Crippen LogP contribution is 2.30. The Bertz CT molecular complexity index is 578. The van der Waals surface area contributed by atoms with E-state index in [1.807, 2.05) is 20.8 Å². The summed E-state index contributed by atoms with van der Waals surface area (Å²) in [4.78, 5) is 14.1. The molecule has 1 fully saturated rings. The molecular weight excluding hydrogens is 292 g/mol. The predicted octanol–water partition coefficient (Wildman–Crippen LogP) is 3.19. The first-order valence-electron chi connectivity index (χ1n) is 8.07. The van der Waals surface area contributed by atoms with Crippen molar-refractivity contribution in [2.24, 2.45) is 0 Å². The lowest BCUT2D eigenvalue weighted by Crippen LogP contribution is -2.49. The summed E-state index contributed by atoms with van der Waals surface area (Å²) in [6, 6.07) is 4.24. The molecule has 0 aromatic heterocycles. The predicted molar refractivity (Wildman–Crippen MR) is 91.0 cm³/mol. The average molecular weight is 320 g/mol. The highest BCUT2D eigenvalue weighted by Gasteiger charge is 2.29. The van der Waals surface area contributed by atoms with Gasteiger partial charge in [0.05, 0.1) is 13.2 Å². The number of ether oxygens (including phenoxy) is 2. The number of nitrogens with one attached hydrogen (secondary N) is 1. The SMILES string of the molecule is COc1cc(C)c(C)cc1C1CN(C(=O)OC(C)(C)C)CCN1. The fraction of sp³-hybridized carbons (Fsp3) is 0.611. The molecule has 1 aliphatic rings. The van der Waals surface area contributed by atoms with Crippen LogP contribution in [0.5, 0.6) is 5.75 Å². The van der Waals surface area contributed by atoms with Crippen LogP contribution in [0.25, 0.3) is 0 Å². The van der Waals surface area contributed by atoms with Crippen molar-refractivity contribution in [1.82, 2.24) is 10.2 Å². The third kappa shape index (κ3) is 4.38. The molecule has 128 valence electrons. The van der Waals surface area contributed by atoms with E-state index in [0.717, 1.165) is 17.9 Å². The standard InChI is InChI=1S/C18H28N2O3/c1-12-9-14(16(22-6)10-13(12)2)15-11-20(8-7-19-15)17(21)23-18(3,4)5/h9-10,15,19H,7-8,11H2,1-6H3. The maximum absolute atomic E-state index is 12.3. The van der Waals surface area contributed by atoms with Crippen LogP contribution in [0.4, 0.5) is 4.79 Å². The van der Waals surface area contributed by atoms with E-state index in [-0.39, 0.29) is 12.1 Å². The molecule has 5 heteroatoms. The first-order valence-corrected chi connectivity index (χ1v) is 8.07. The van der Waals surface area contributed by atoms with E-state index in [1.54, 1.807) is 12.0 Å². The quantitative estimate of drug-likeness (QED) is 0.909. The zero-order valence-corrected chi connectivity index (χ0v) is 15.0. The van der Waals surface area contributed by atoms with Gasteiger partial charge in [-0.2, -0.15) is 0 Å². The van der Waals surface area contributed by atoms with Gasteiger partial charge in [0.15, 0.2) is 0 Å². The number of piperazine rings is 1. The minimum absolute atomic E-state index is 0.0468. The van der Waals surface area contributed by atoms with Gasteiger partial charge in [0.25, 0.3) is 0 Å². The molecular formula is C18H28N2O3. The number of methoxy groups -OCH3 is 1. The fourth-order valence-corrected chi connectivity index (χ4v) is 2.71. The molecule has 0 aliphatic carbocycles. The number of aryl methyl sites for hydroxylation is 2. The first-order chi connectivity index (χ1) is 10.7. The van der Waals surface area contributed by atoms with E-state index in [9.17, 15) is 4.79 Å². The third-order valence-corrected chi connectivity index (χ3v) is 4.05. The maximum Gasteiger partial charge on any atom is 0.410 e. The van der Waals surface area contributed by atoms with Crippen LogP contribution in [0.2, 0.25) is 0 Å². The van der Waals surface area contributed by atoms with Gasteiger partial charge in [0, 0.05) is 25.2 Å². The van der Waals surface area contributed by atoms with Gasteiger partial charge in [-0.3, -0.25) is 0 Å². The van der Waals surface area contributed by atoms with Crippen molar-refractivity contribution in [3.8, 4) is 5.75 Å². The average Bonchev–Trinajstić information content (AvgIpc) is 2.48. The van der Waals surface area contributed by atoms with Gasteiger partial charge in [-0.05, 0) is 51.8 Å². The van der Waals surface area contributed by atoms with Crippen LogP contribution in [-0.2, 0) is 4.74 Å². The zero-order chi connectivity index (χ0) is 17.2. The van der Waals surface area contributed by atoms with Crippen molar-refractivity contribution >= 4 is 6.09 Å². The number of hydrogen-bond donors (Lipinski definition) is 1. The second-order valence-corrected chi connectivity index (χ2v) is 7.11. The van der Waals surface area contributed by atoms with Crippen molar-refractivity contribution in [2.45, 2.75) is 46.3 Å². The Balaban J connectivity index is 2.18. The molecule has 1 aliphatic heterocycles. The number of nitrogens with zero attached hydrogens (tertiary/aromatic N) is 1. The minimum Gasteiger partial charge on any atom is -0.496 e. The Morgan fingerprint density at radius 1 is 1.26 bits per heavy atom. The lowest BCUT2D eigenvalue weighted by atomic mass is 9.98. The van der Waals surface area contributed by atoms with Crippen molar-refractivity contribution < 1.29 is 14.3 Å². The van der Waals surface area contributed by atoms with E-state index < -0.39 is 5.60 Å². The van der Waals surface area contributed by atoms with E-state index in [4.69, 9.17) is 9.47 Å². The lowest BCUT2D eigenvalue weighted by Gasteiger charge is -2.35. The number of rotatable bonds is 2. The second kappa shape index (κ2) is 6.79. The number of carbonyl (C=O) groups excluding carboxylic acids is 1. The summed E-state index contributed by atoms with van der Waals surface area (Å²) in [6.07, 6.45) is -0.258. The van der Waals surface area contributed by atoms with Crippen LogP contribution in [0.15, 0.2) is 12.1 Å².